The number of halogens is 4. The van der Waals surface area contributed by atoms with Crippen LogP contribution in [0.15, 0.2) is 22.6 Å². The van der Waals surface area contributed by atoms with Crippen LogP contribution in [0.2, 0.25) is 0 Å². The molecule has 4 fully saturated rings. The summed E-state index contributed by atoms with van der Waals surface area (Å²) in [5.74, 6) is -0.0685. The van der Waals surface area contributed by atoms with Gasteiger partial charge in [-0.1, -0.05) is 6.42 Å². The molecule has 4 atom stereocenters. The molecule has 0 bridgehead atoms. The molecule has 35 heavy (non-hydrogen) atoms. The molecule has 6 nitrogen and oxygen atoms in total. The highest BCUT2D eigenvalue weighted by Crippen LogP contribution is 2.52. The minimum atomic E-state index is -4.57. The van der Waals surface area contributed by atoms with E-state index in [0.29, 0.717) is 24.3 Å². The predicted molar refractivity (Wildman–Crippen MR) is 119 cm³/mol. The van der Waals surface area contributed by atoms with Crippen molar-refractivity contribution in [3.8, 4) is 5.75 Å². The molecule has 2 aromatic rings. The van der Waals surface area contributed by atoms with E-state index in [0.717, 1.165) is 44.6 Å². The third-order valence-corrected chi connectivity index (χ3v) is 7.95. The average molecular weight is 494 g/mol. The highest BCUT2D eigenvalue weighted by atomic mass is 19.4. The molecule has 3 aliphatic carbocycles. The van der Waals surface area contributed by atoms with Crippen molar-refractivity contribution in [3.63, 3.8) is 0 Å². The number of alkyl halides is 3. The second-order valence-electron chi connectivity index (χ2n) is 10.4. The Morgan fingerprint density at radius 2 is 1.94 bits per heavy atom. The first-order valence-electron chi connectivity index (χ1n) is 12.3. The van der Waals surface area contributed by atoms with Crippen molar-refractivity contribution in [2.75, 3.05) is 16.8 Å². The smallest absolute Gasteiger partial charge is 0.396 e. The second kappa shape index (κ2) is 8.41. The standard InChI is InChI=1S/C25H27F4N3O3/c26-18-11-16(4-5-20(18)34-17-9-14-8-15(14)10-17)30-23(33)22-21(12-25(27,28)29)35-24(31-22)32-7-6-13-2-1-3-19(13)32/h4-5,11,13-15,17,19H,1-3,6-10,12H2,(H,30,33). The summed E-state index contributed by atoms with van der Waals surface area (Å²) in [6, 6.07) is 4.24. The molecule has 10 heteroatoms. The van der Waals surface area contributed by atoms with Gasteiger partial charge in [0.1, 0.15) is 12.2 Å². The summed E-state index contributed by atoms with van der Waals surface area (Å²) < 4.78 is 65.5. The Kier molecular flexibility index (Phi) is 5.45. The van der Waals surface area contributed by atoms with Crippen LogP contribution in [-0.2, 0) is 6.42 Å². The fourth-order valence-corrected chi connectivity index (χ4v) is 6.21. The molecule has 6 rings (SSSR count). The molecule has 1 aliphatic heterocycles. The lowest BCUT2D eigenvalue weighted by atomic mass is 10.1. The molecular weight excluding hydrogens is 466 g/mol. The van der Waals surface area contributed by atoms with E-state index in [4.69, 9.17) is 9.15 Å². The first-order valence-corrected chi connectivity index (χ1v) is 12.3. The normalized spacial score (nSPS) is 29.3. The summed E-state index contributed by atoms with van der Waals surface area (Å²) in [4.78, 5) is 19.0. The van der Waals surface area contributed by atoms with E-state index in [2.05, 4.69) is 10.3 Å². The molecule has 4 unspecified atom stereocenters. The highest BCUT2D eigenvalue weighted by molar-refractivity contribution is 6.03. The van der Waals surface area contributed by atoms with E-state index in [1.54, 1.807) is 0 Å². The third kappa shape index (κ3) is 4.59. The van der Waals surface area contributed by atoms with E-state index in [9.17, 15) is 22.4 Å². The number of nitrogens with zero attached hydrogens (tertiary/aromatic N) is 2. The zero-order chi connectivity index (χ0) is 24.3. The van der Waals surface area contributed by atoms with E-state index < -0.39 is 35.8 Å². The molecular formula is C25H27F4N3O3. The first kappa shape index (κ1) is 22.7. The van der Waals surface area contributed by atoms with Gasteiger partial charge in [-0.25, -0.2) is 4.39 Å². The van der Waals surface area contributed by atoms with Crippen LogP contribution in [0.25, 0.3) is 0 Å². The van der Waals surface area contributed by atoms with Crippen LogP contribution in [0.5, 0.6) is 5.75 Å². The van der Waals surface area contributed by atoms with Gasteiger partial charge in [-0.3, -0.25) is 4.79 Å². The number of carbonyl (C=O) groups excluding carboxylic acids is 1. The monoisotopic (exact) mass is 493 g/mol. The Hall–Kier alpha value is -2.78. The summed E-state index contributed by atoms with van der Waals surface area (Å²) >= 11 is 0. The van der Waals surface area contributed by atoms with Crippen LogP contribution in [0.4, 0.5) is 29.3 Å². The van der Waals surface area contributed by atoms with E-state index >= 15 is 0 Å². The summed E-state index contributed by atoms with van der Waals surface area (Å²) in [5.41, 5.74) is -0.321. The Bertz CT molecular complexity index is 1120. The Morgan fingerprint density at radius 1 is 1.14 bits per heavy atom. The molecule has 1 aromatic carbocycles. The minimum absolute atomic E-state index is 0.00257. The van der Waals surface area contributed by atoms with Crippen LogP contribution < -0.4 is 15.0 Å². The van der Waals surface area contributed by atoms with Crippen LogP contribution in [0.1, 0.15) is 61.2 Å². The Morgan fingerprint density at radius 3 is 2.69 bits per heavy atom. The number of nitrogens with one attached hydrogen (secondary N) is 1. The number of carbonyl (C=O) groups is 1. The fourth-order valence-electron chi connectivity index (χ4n) is 6.21. The predicted octanol–water partition coefficient (Wildman–Crippen LogP) is 5.73. The SMILES string of the molecule is O=C(Nc1ccc(OC2CC3CC3C2)c(F)c1)c1nc(N2CCC3CCCC32)oc1CC(F)(F)F. The number of rotatable bonds is 6. The zero-order valence-corrected chi connectivity index (χ0v) is 19.1. The van der Waals surface area contributed by atoms with Crippen molar-refractivity contribution in [1.29, 1.82) is 0 Å². The summed E-state index contributed by atoms with van der Waals surface area (Å²) in [7, 11) is 0. The van der Waals surface area contributed by atoms with E-state index in [1.165, 1.54) is 18.6 Å². The van der Waals surface area contributed by atoms with Gasteiger partial charge < -0.3 is 19.4 Å². The number of oxazole rings is 1. The van der Waals surface area contributed by atoms with Crippen molar-refractivity contribution in [3.05, 3.63) is 35.5 Å². The first-order chi connectivity index (χ1) is 16.7. The summed E-state index contributed by atoms with van der Waals surface area (Å²) in [5, 5.41) is 2.47. The molecule has 1 N–H and O–H groups in total. The number of aromatic nitrogens is 1. The second-order valence-corrected chi connectivity index (χ2v) is 10.4. The molecule has 3 saturated carbocycles. The maximum Gasteiger partial charge on any atom is 0.396 e. The van der Waals surface area contributed by atoms with E-state index in [1.807, 2.05) is 4.90 Å². The summed E-state index contributed by atoms with van der Waals surface area (Å²) in [6.45, 7) is 0.636. The lowest BCUT2D eigenvalue weighted by molar-refractivity contribution is -0.130. The third-order valence-electron chi connectivity index (χ3n) is 7.95. The number of benzene rings is 1. The molecule has 0 spiro atoms. The zero-order valence-electron chi connectivity index (χ0n) is 19.1. The fraction of sp³-hybridized carbons (Fsp3) is 0.600. The van der Waals surface area contributed by atoms with Gasteiger partial charge in [0, 0.05) is 24.3 Å². The van der Waals surface area contributed by atoms with Gasteiger partial charge in [0.15, 0.2) is 17.3 Å². The van der Waals surface area contributed by atoms with Gasteiger partial charge in [-0.05, 0) is 68.4 Å². The van der Waals surface area contributed by atoms with Gasteiger partial charge in [0.2, 0.25) is 0 Å². The number of ether oxygens (including phenoxy) is 1. The molecule has 1 aromatic heterocycles. The van der Waals surface area contributed by atoms with Gasteiger partial charge in [0.25, 0.3) is 11.9 Å². The van der Waals surface area contributed by atoms with Crippen LogP contribution in [0, 0.1) is 23.6 Å². The van der Waals surface area contributed by atoms with Crippen LogP contribution >= 0.6 is 0 Å². The Labute approximate surface area is 200 Å². The highest BCUT2D eigenvalue weighted by Gasteiger charge is 2.47. The minimum Gasteiger partial charge on any atom is -0.487 e. The van der Waals surface area contributed by atoms with Crippen molar-refractivity contribution in [1.82, 2.24) is 4.98 Å². The Balaban J connectivity index is 1.19. The van der Waals surface area contributed by atoms with Crippen molar-refractivity contribution in [2.45, 2.75) is 69.7 Å². The van der Waals surface area contributed by atoms with Gasteiger partial charge >= 0.3 is 6.18 Å². The lowest BCUT2D eigenvalue weighted by Gasteiger charge is -2.21. The maximum atomic E-state index is 14.6. The van der Waals surface area contributed by atoms with Crippen molar-refractivity contribution in [2.24, 2.45) is 17.8 Å². The van der Waals surface area contributed by atoms with Crippen molar-refractivity contribution >= 4 is 17.6 Å². The molecule has 188 valence electrons. The van der Waals surface area contributed by atoms with E-state index in [-0.39, 0.29) is 29.6 Å². The largest absolute Gasteiger partial charge is 0.487 e. The summed E-state index contributed by atoms with van der Waals surface area (Å²) in [6.07, 6.45) is 1.10. The number of hydrogen-bond donors (Lipinski definition) is 1. The average Bonchev–Trinajstić information content (AvgIpc) is 3.24. The maximum absolute atomic E-state index is 14.6. The number of amides is 1. The number of fused-ring (bicyclic) bond motifs is 2. The van der Waals surface area contributed by atoms with Crippen LogP contribution in [0.3, 0.4) is 0 Å². The molecule has 2 heterocycles. The van der Waals surface area contributed by atoms with Gasteiger partial charge in [-0.15, -0.1) is 0 Å². The molecule has 1 amide bonds. The topological polar surface area (TPSA) is 67.6 Å². The molecule has 0 radical (unpaired) electrons. The molecule has 4 aliphatic rings. The lowest BCUT2D eigenvalue weighted by Crippen LogP contribution is -2.30. The van der Waals surface area contributed by atoms with Gasteiger partial charge in [0.05, 0.1) is 6.10 Å². The number of hydrogen-bond acceptors (Lipinski definition) is 5. The van der Waals surface area contributed by atoms with Crippen LogP contribution in [-0.4, -0.2) is 35.8 Å². The molecule has 1 saturated heterocycles. The van der Waals surface area contributed by atoms with Gasteiger partial charge in [-0.2, -0.15) is 18.2 Å². The quantitative estimate of drug-likeness (QED) is 0.521. The number of anilines is 2. The van der Waals surface area contributed by atoms with Crippen molar-refractivity contribution < 1.29 is 31.5 Å².